The van der Waals surface area contributed by atoms with Gasteiger partial charge in [-0.05, 0) is 56.5 Å². The van der Waals surface area contributed by atoms with Gasteiger partial charge in [-0.25, -0.2) is 0 Å². The Balaban J connectivity index is 2.38. The van der Waals surface area contributed by atoms with Crippen molar-refractivity contribution in [3.63, 3.8) is 0 Å². The quantitative estimate of drug-likeness (QED) is 0.759. The first-order chi connectivity index (χ1) is 8.65. The molecule has 1 aromatic carbocycles. The number of likely N-dealkylation sites (tertiary alicyclic amines) is 1. The maximum atomic E-state index is 11.2. The molecule has 1 aromatic rings. The van der Waals surface area contributed by atoms with Crippen LogP contribution >= 0.6 is 0 Å². The Bertz CT molecular complexity index is 421. The minimum absolute atomic E-state index is 0.0589. The summed E-state index contributed by atoms with van der Waals surface area (Å²) in [5, 5.41) is 0. The van der Waals surface area contributed by atoms with Crippen LogP contribution in [-0.4, -0.2) is 24.3 Å². The molecule has 2 nitrogen and oxygen atoms in total. The van der Waals surface area contributed by atoms with Gasteiger partial charge in [-0.15, -0.1) is 0 Å². The molecule has 2 unspecified atom stereocenters. The molecule has 0 spiro atoms. The number of aryl methyl sites for hydroxylation is 1. The highest BCUT2D eigenvalue weighted by molar-refractivity contribution is 5.56. The highest BCUT2D eigenvalue weighted by Gasteiger charge is 2.29. The highest BCUT2D eigenvalue weighted by atomic mass is 16.1. The summed E-state index contributed by atoms with van der Waals surface area (Å²) in [5.74, 6) is 0.0589. The third kappa shape index (κ3) is 2.49. The van der Waals surface area contributed by atoms with E-state index in [1.54, 1.807) is 0 Å². The number of hydrogen-bond acceptors (Lipinski definition) is 2. The lowest BCUT2D eigenvalue weighted by Gasteiger charge is -2.32. The molecular weight excluding hydrogens is 222 g/mol. The van der Waals surface area contributed by atoms with Crippen molar-refractivity contribution < 1.29 is 4.79 Å². The van der Waals surface area contributed by atoms with Gasteiger partial charge >= 0.3 is 0 Å². The molecule has 1 saturated heterocycles. The van der Waals surface area contributed by atoms with Gasteiger partial charge in [0.25, 0.3) is 0 Å². The third-order valence-electron chi connectivity index (χ3n) is 4.21. The van der Waals surface area contributed by atoms with Crippen LogP contribution in [0.1, 0.15) is 42.5 Å². The molecule has 0 N–H and O–H groups in total. The van der Waals surface area contributed by atoms with E-state index in [0.717, 1.165) is 19.4 Å². The molecule has 1 aliphatic rings. The van der Waals surface area contributed by atoms with Gasteiger partial charge in [-0.3, -0.25) is 4.90 Å². The minimum Gasteiger partial charge on any atom is -0.303 e. The Kier molecular flexibility index (Phi) is 4.18. The third-order valence-corrected chi connectivity index (χ3v) is 4.21. The van der Waals surface area contributed by atoms with Crippen molar-refractivity contribution in [1.82, 2.24) is 4.90 Å². The fourth-order valence-electron chi connectivity index (χ4n) is 3.00. The number of rotatable bonds is 4. The summed E-state index contributed by atoms with van der Waals surface area (Å²) in [5.41, 5.74) is 3.98. The zero-order valence-electron chi connectivity index (χ0n) is 11.6. The Morgan fingerprint density at radius 1 is 1.22 bits per heavy atom. The Labute approximate surface area is 110 Å². The predicted octanol–water partition coefficient (Wildman–Crippen LogP) is 3.28. The second-order valence-electron chi connectivity index (χ2n) is 5.47. The van der Waals surface area contributed by atoms with Crippen molar-refractivity contribution >= 4 is 6.29 Å². The van der Waals surface area contributed by atoms with Crippen LogP contribution in [0.5, 0.6) is 0 Å². The molecule has 1 aliphatic heterocycles. The fraction of sp³-hybridized carbons (Fsp3) is 0.562. The molecule has 0 radical (unpaired) electrons. The highest BCUT2D eigenvalue weighted by Crippen LogP contribution is 2.33. The summed E-state index contributed by atoms with van der Waals surface area (Å²) in [6, 6.07) is 6.69. The molecule has 1 heterocycles. The molecule has 0 bridgehead atoms. The van der Waals surface area contributed by atoms with Crippen molar-refractivity contribution in [2.45, 2.75) is 39.7 Å². The van der Waals surface area contributed by atoms with Gasteiger partial charge in [0.05, 0.1) is 0 Å². The van der Waals surface area contributed by atoms with Crippen molar-refractivity contribution in [2.75, 3.05) is 13.1 Å². The summed E-state index contributed by atoms with van der Waals surface area (Å²) < 4.78 is 0. The van der Waals surface area contributed by atoms with E-state index in [1.165, 1.54) is 29.5 Å². The number of aldehydes is 1. The second kappa shape index (κ2) is 5.66. The van der Waals surface area contributed by atoms with E-state index < -0.39 is 0 Å². The van der Waals surface area contributed by atoms with Crippen LogP contribution in [0.15, 0.2) is 18.2 Å². The summed E-state index contributed by atoms with van der Waals surface area (Å²) in [4.78, 5) is 13.7. The average molecular weight is 245 g/mol. The second-order valence-corrected chi connectivity index (χ2v) is 5.47. The monoisotopic (exact) mass is 245 g/mol. The van der Waals surface area contributed by atoms with Crippen LogP contribution in [0, 0.1) is 19.8 Å². The topological polar surface area (TPSA) is 20.3 Å². The molecular formula is C16H23NO. The first-order valence-electron chi connectivity index (χ1n) is 6.90. The Morgan fingerprint density at radius 3 is 2.50 bits per heavy atom. The van der Waals surface area contributed by atoms with Gasteiger partial charge < -0.3 is 4.79 Å². The maximum Gasteiger partial charge on any atom is 0.124 e. The lowest BCUT2D eigenvalue weighted by atomic mass is 9.89. The van der Waals surface area contributed by atoms with Crippen LogP contribution in [-0.2, 0) is 4.79 Å². The van der Waals surface area contributed by atoms with Gasteiger partial charge in [-0.1, -0.05) is 25.1 Å². The molecule has 1 fully saturated rings. The summed E-state index contributed by atoms with van der Waals surface area (Å²) >= 11 is 0. The van der Waals surface area contributed by atoms with Gasteiger partial charge in [0.15, 0.2) is 0 Å². The molecule has 0 amide bonds. The number of hydrogen-bond donors (Lipinski definition) is 0. The molecule has 0 aliphatic carbocycles. The maximum absolute atomic E-state index is 11.2. The normalized spacial score (nSPS) is 19.7. The molecule has 2 rings (SSSR count). The first-order valence-corrected chi connectivity index (χ1v) is 6.90. The summed E-state index contributed by atoms with van der Waals surface area (Å²) in [7, 11) is 0. The number of carbonyl (C=O) groups is 1. The molecule has 98 valence electrons. The molecule has 2 heteroatoms. The van der Waals surface area contributed by atoms with Gasteiger partial charge in [0.2, 0.25) is 0 Å². The first kappa shape index (κ1) is 13.3. The average Bonchev–Trinajstić information content (AvgIpc) is 2.88. The van der Waals surface area contributed by atoms with Crippen molar-refractivity contribution in [2.24, 2.45) is 5.92 Å². The minimum atomic E-state index is 0.0589. The Morgan fingerprint density at radius 2 is 1.89 bits per heavy atom. The number of nitrogens with zero attached hydrogens (tertiary/aromatic N) is 1. The molecule has 18 heavy (non-hydrogen) atoms. The summed E-state index contributed by atoms with van der Waals surface area (Å²) in [6.45, 7) is 8.60. The van der Waals surface area contributed by atoms with Crippen molar-refractivity contribution in [3.05, 3.63) is 34.9 Å². The van der Waals surface area contributed by atoms with E-state index in [9.17, 15) is 4.79 Å². The molecule has 0 aromatic heterocycles. The molecule has 2 atom stereocenters. The van der Waals surface area contributed by atoms with Crippen LogP contribution in [0.4, 0.5) is 0 Å². The number of carbonyl (C=O) groups excluding carboxylic acids is 1. The zero-order chi connectivity index (χ0) is 13.1. The van der Waals surface area contributed by atoms with Crippen molar-refractivity contribution in [1.29, 1.82) is 0 Å². The lowest BCUT2D eigenvalue weighted by Crippen LogP contribution is -2.31. The lowest BCUT2D eigenvalue weighted by molar-refractivity contribution is -0.112. The predicted molar refractivity (Wildman–Crippen MR) is 74.7 cm³/mol. The van der Waals surface area contributed by atoms with E-state index >= 15 is 0 Å². The largest absolute Gasteiger partial charge is 0.303 e. The van der Waals surface area contributed by atoms with Gasteiger partial charge in [-0.2, -0.15) is 0 Å². The molecule has 0 saturated carbocycles. The smallest absolute Gasteiger partial charge is 0.124 e. The van der Waals surface area contributed by atoms with E-state index in [2.05, 4.69) is 36.9 Å². The van der Waals surface area contributed by atoms with E-state index in [-0.39, 0.29) is 12.0 Å². The standard InChI is InChI=1S/C16H23NO/c1-12-7-6-8-15(14(12)3)16(13(2)11-18)17-9-4-5-10-17/h6-8,11,13,16H,4-5,9-10H2,1-3H3. The van der Waals surface area contributed by atoms with Crippen LogP contribution in [0.3, 0.4) is 0 Å². The van der Waals surface area contributed by atoms with Gasteiger partial charge in [0.1, 0.15) is 6.29 Å². The van der Waals surface area contributed by atoms with Gasteiger partial charge in [0, 0.05) is 12.0 Å². The Hall–Kier alpha value is -1.15. The van der Waals surface area contributed by atoms with Crippen LogP contribution in [0.25, 0.3) is 0 Å². The van der Waals surface area contributed by atoms with Crippen LogP contribution < -0.4 is 0 Å². The fourth-order valence-corrected chi connectivity index (χ4v) is 3.00. The van der Waals surface area contributed by atoms with E-state index in [4.69, 9.17) is 0 Å². The number of benzene rings is 1. The van der Waals surface area contributed by atoms with Crippen molar-refractivity contribution in [3.8, 4) is 0 Å². The SMILES string of the molecule is Cc1cccc(C(C(C)C=O)N2CCCC2)c1C. The summed E-state index contributed by atoms with van der Waals surface area (Å²) in [6.07, 6.45) is 3.62. The van der Waals surface area contributed by atoms with E-state index in [0.29, 0.717) is 0 Å². The van der Waals surface area contributed by atoms with E-state index in [1.807, 2.05) is 6.92 Å². The van der Waals surface area contributed by atoms with Crippen LogP contribution in [0.2, 0.25) is 0 Å². The zero-order valence-corrected chi connectivity index (χ0v) is 11.6.